The van der Waals surface area contributed by atoms with Gasteiger partial charge in [-0.2, -0.15) is 5.10 Å². The van der Waals surface area contributed by atoms with E-state index in [-0.39, 0.29) is 18.2 Å². The van der Waals surface area contributed by atoms with Gasteiger partial charge in [-0.25, -0.2) is 0 Å². The van der Waals surface area contributed by atoms with E-state index in [1.54, 1.807) is 6.20 Å². The zero-order valence-electron chi connectivity index (χ0n) is 13.1. The number of amides is 2. The first kappa shape index (κ1) is 14.0. The van der Waals surface area contributed by atoms with Gasteiger partial charge in [0.15, 0.2) is 0 Å². The molecule has 1 unspecified atom stereocenters. The summed E-state index contributed by atoms with van der Waals surface area (Å²) in [6.07, 6.45) is 1.77. The monoisotopic (exact) mass is 310 g/mol. The number of nitrogens with zero attached hydrogens (tertiary/aromatic N) is 2. The molecular formula is C17H18N4O2. The van der Waals surface area contributed by atoms with E-state index in [9.17, 15) is 9.59 Å². The molecule has 4 rings (SSSR count). The van der Waals surface area contributed by atoms with Crippen LogP contribution in [0, 0.1) is 5.92 Å². The summed E-state index contributed by atoms with van der Waals surface area (Å²) in [5.74, 6) is 0.653. The molecule has 0 aliphatic carbocycles. The normalized spacial score (nSPS) is 22.5. The van der Waals surface area contributed by atoms with Crippen molar-refractivity contribution in [2.24, 2.45) is 5.92 Å². The SMILES string of the molecule is CC(C)CN1C(=O)C2(CC(=O)Nc3[nH]ncc32)c2ccccc21. The van der Waals surface area contributed by atoms with Crippen molar-refractivity contribution in [1.29, 1.82) is 0 Å². The molecule has 0 saturated carbocycles. The molecule has 0 fully saturated rings. The zero-order valence-corrected chi connectivity index (χ0v) is 13.1. The Labute approximate surface area is 133 Å². The molecule has 1 spiro atoms. The van der Waals surface area contributed by atoms with E-state index >= 15 is 0 Å². The summed E-state index contributed by atoms with van der Waals surface area (Å²) in [6, 6.07) is 7.75. The first-order valence-electron chi connectivity index (χ1n) is 7.79. The Morgan fingerprint density at radius 2 is 2.04 bits per heavy atom. The molecule has 6 nitrogen and oxygen atoms in total. The summed E-state index contributed by atoms with van der Waals surface area (Å²) in [5, 5.41) is 9.60. The number of anilines is 2. The molecule has 2 aliphatic rings. The third-order valence-corrected chi connectivity index (χ3v) is 4.60. The number of para-hydroxylation sites is 1. The van der Waals surface area contributed by atoms with Crippen molar-refractivity contribution in [3.63, 3.8) is 0 Å². The molecule has 2 amide bonds. The van der Waals surface area contributed by atoms with Crippen LogP contribution in [0.15, 0.2) is 30.5 Å². The lowest BCUT2D eigenvalue weighted by Gasteiger charge is -2.32. The van der Waals surface area contributed by atoms with E-state index < -0.39 is 5.41 Å². The van der Waals surface area contributed by atoms with Gasteiger partial charge in [0.05, 0.1) is 6.20 Å². The third-order valence-electron chi connectivity index (χ3n) is 4.60. The van der Waals surface area contributed by atoms with Gasteiger partial charge in [0.1, 0.15) is 11.2 Å². The van der Waals surface area contributed by atoms with Gasteiger partial charge >= 0.3 is 0 Å². The largest absolute Gasteiger partial charge is 0.311 e. The van der Waals surface area contributed by atoms with Gasteiger partial charge in [-0.1, -0.05) is 32.0 Å². The minimum atomic E-state index is -0.962. The standard InChI is InChI=1S/C17H18N4O2/c1-10(2)9-21-13-6-4-3-5-11(13)17(16(21)23)7-14(22)19-15-12(17)8-18-20-15/h3-6,8,10H,7,9H2,1-2H3,(H2,18,19,20,22). The minimum absolute atomic E-state index is 0.0371. The van der Waals surface area contributed by atoms with Crippen LogP contribution in [0.3, 0.4) is 0 Å². The predicted octanol–water partition coefficient (Wildman–Crippen LogP) is 2.04. The van der Waals surface area contributed by atoms with Gasteiger partial charge in [0.25, 0.3) is 0 Å². The lowest BCUT2D eigenvalue weighted by Crippen LogP contribution is -2.47. The lowest BCUT2D eigenvalue weighted by molar-refractivity contribution is -0.126. The van der Waals surface area contributed by atoms with Crippen molar-refractivity contribution in [3.8, 4) is 0 Å². The fourth-order valence-electron chi connectivity index (χ4n) is 3.73. The quantitative estimate of drug-likeness (QED) is 0.891. The maximum Gasteiger partial charge on any atom is 0.242 e. The van der Waals surface area contributed by atoms with E-state index in [0.717, 1.165) is 16.8 Å². The molecule has 2 aromatic rings. The van der Waals surface area contributed by atoms with Crippen LogP contribution >= 0.6 is 0 Å². The number of aromatic amines is 1. The molecule has 1 aromatic heterocycles. The summed E-state index contributed by atoms with van der Waals surface area (Å²) < 4.78 is 0. The summed E-state index contributed by atoms with van der Waals surface area (Å²) in [5.41, 5.74) is 1.58. The highest BCUT2D eigenvalue weighted by Crippen LogP contribution is 2.51. The Hall–Kier alpha value is -2.63. The average Bonchev–Trinajstić information content (AvgIpc) is 3.06. The number of hydrogen-bond acceptors (Lipinski definition) is 3. The number of aromatic nitrogens is 2. The topological polar surface area (TPSA) is 78.1 Å². The Balaban J connectivity index is 1.97. The molecule has 0 radical (unpaired) electrons. The van der Waals surface area contributed by atoms with Crippen LogP contribution in [0.25, 0.3) is 0 Å². The molecule has 2 aliphatic heterocycles. The lowest BCUT2D eigenvalue weighted by atomic mass is 9.72. The first-order chi connectivity index (χ1) is 11.0. The first-order valence-corrected chi connectivity index (χ1v) is 7.79. The molecule has 0 bridgehead atoms. The molecule has 1 aromatic carbocycles. The second-order valence-electron chi connectivity index (χ2n) is 6.62. The fourth-order valence-corrected chi connectivity index (χ4v) is 3.73. The number of fused-ring (bicyclic) bond motifs is 4. The van der Waals surface area contributed by atoms with Gasteiger partial charge in [0.2, 0.25) is 11.8 Å². The van der Waals surface area contributed by atoms with E-state index in [4.69, 9.17) is 0 Å². The fraction of sp³-hybridized carbons (Fsp3) is 0.353. The van der Waals surface area contributed by atoms with E-state index in [0.29, 0.717) is 18.3 Å². The highest BCUT2D eigenvalue weighted by molar-refractivity contribution is 6.15. The molecule has 1 atom stereocenters. The third kappa shape index (κ3) is 1.78. The Bertz CT molecular complexity index is 810. The van der Waals surface area contributed by atoms with Gasteiger partial charge in [-0.3, -0.25) is 14.7 Å². The van der Waals surface area contributed by atoms with Crippen LogP contribution in [0.1, 0.15) is 31.4 Å². The maximum absolute atomic E-state index is 13.4. The molecule has 6 heteroatoms. The average molecular weight is 310 g/mol. The van der Waals surface area contributed by atoms with Crippen LogP contribution in [-0.4, -0.2) is 28.6 Å². The smallest absolute Gasteiger partial charge is 0.242 e. The van der Waals surface area contributed by atoms with Crippen LogP contribution in [0.2, 0.25) is 0 Å². The van der Waals surface area contributed by atoms with Crippen LogP contribution < -0.4 is 10.2 Å². The minimum Gasteiger partial charge on any atom is -0.311 e. The molecule has 23 heavy (non-hydrogen) atoms. The molecule has 2 N–H and O–H groups in total. The Kier molecular flexibility index (Phi) is 2.85. The molecule has 118 valence electrons. The second kappa shape index (κ2) is 4.68. The van der Waals surface area contributed by atoms with Crippen LogP contribution in [-0.2, 0) is 15.0 Å². The maximum atomic E-state index is 13.4. The van der Waals surface area contributed by atoms with E-state index in [1.807, 2.05) is 29.2 Å². The highest BCUT2D eigenvalue weighted by Gasteiger charge is 2.56. The highest BCUT2D eigenvalue weighted by atomic mass is 16.2. The number of H-pyrrole nitrogens is 1. The number of benzene rings is 1. The number of rotatable bonds is 2. The number of hydrogen-bond donors (Lipinski definition) is 2. The number of nitrogens with one attached hydrogen (secondary N) is 2. The summed E-state index contributed by atoms with van der Waals surface area (Å²) in [7, 11) is 0. The molecule has 0 saturated heterocycles. The number of carbonyl (C=O) groups is 2. The van der Waals surface area contributed by atoms with Crippen molar-refractivity contribution in [1.82, 2.24) is 10.2 Å². The molecule has 3 heterocycles. The van der Waals surface area contributed by atoms with Gasteiger partial charge in [-0.15, -0.1) is 0 Å². The molecular weight excluding hydrogens is 292 g/mol. The van der Waals surface area contributed by atoms with Gasteiger partial charge in [0, 0.05) is 24.2 Å². The van der Waals surface area contributed by atoms with Crippen molar-refractivity contribution >= 4 is 23.3 Å². The summed E-state index contributed by atoms with van der Waals surface area (Å²) in [6.45, 7) is 4.79. The zero-order chi connectivity index (χ0) is 16.2. The van der Waals surface area contributed by atoms with Crippen molar-refractivity contribution in [2.45, 2.75) is 25.7 Å². The summed E-state index contributed by atoms with van der Waals surface area (Å²) in [4.78, 5) is 27.4. The van der Waals surface area contributed by atoms with Crippen LogP contribution in [0.4, 0.5) is 11.5 Å². The van der Waals surface area contributed by atoms with E-state index in [2.05, 4.69) is 29.4 Å². The van der Waals surface area contributed by atoms with Crippen molar-refractivity contribution in [2.75, 3.05) is 16.8 Å². The van der Waals surface area contributed by atoms with E-state index in [1.165, 1.54) is 0 Å². The second-order valence-corrected chi connectivity index (χ2v) is 6.62. The van der Waals surface area contributed by atoms with Crippen molar-refractivity contribution < 1.29 is 9.59 Å². The van der Waals surface area contributed by atoms with Gasteiger partial charge in [-0.05, 0) is 17.5 Å². The number of carbonyl (C=O) groups excluding carboxylic acids is 2. The Morgan fingerprint density at radius 1 is 1.26 bits per heavy atom. The van der Waals surface area contributed by atoms with Crippen molar-refractivity contribution in [3.05, 3.63) is 41.6 Å². The van der Waals surface area contributed by atoms with Crippen LogP contribution in [0.5, 0.6) is 0 Å². The Morgan fingerprint density at radius 3 is 2.83 bits per heavy atom. The predicted molar refractivity (Wildman–Crippen MR) is 86.2 cm³/mol. The van der Waals surface area contributed by atoms with Gasteiger partial charge < -0.3 is 10.2 Å². The summed E-state index contributed by atoms with van der Waals surface area (Å²) >= 11 is 0.